The van der Waals surface area contributed by atoms with E-state index in [9.17, 15) is 13.6 Å². The molecule has 6 heteroatoms. The number of likely N-dealkylation sites (N-methyl/N-ethyl adjacent to an activating group) is 1. The van der Waals surface area contributed by atoms with E-state index in [2.05, 4.69) is 4.74 Å². The Balaban J connectivity index is 3.14. The van der Waals surface area contributed by atoms with Crippen LogP contribution in [0.2, 0.25) is 0 Å². The minimum atomic E-state index is -1.21. The molecule has 0 aliphatic heterocycles. The molecule has 4 nitrogen and oxygen atoms in total. The standard InChI is InChI=1S/C11H14F2N2O2/c1-15(6-5-14)8-4-3-7(11(16)17-2)9(12)10(8)13/h3-4H,5-6,14H2,1-2H3. The van der Waals surface area contributed by atoms with Crippen molar-refractivity contribution in [3.8, 4) is 0 Å². The minimum absolute atomic E-state index is 0.0561. The van der Waals surface area contributed by atoms with Crippen LogP contribution in [0.3, 0.4) is 0 Å². The van der Waals surface area contributed by atoms with Gasteiger partial charge in [0.15, 0.2) is 11.6 Å². The molecule has 2 N–H and O–H groups in total. The van der Waals surface area contributed by atoms with Crippen molar-refractivity contribution < 1.29 is 18.3 Å². The average molecular weight is 244 g/mol. The summed E-state index contributed by atoms with van der Waals surface area (Å²) in [5, 5.41) is 0. The van der Waals surface area contributed by atoms with Gasteiger partial charge in [0.2, 0.25) is 0 Å². The monoisotopic (exact) mass is 244 g/mol. The van der Waals surface area contributed by atoms with Crippen LogP contribution < -0.4 is 10.6 Å². The summed E-state index contributed by atoms with van der Waals surface area (Å²) in [4.78, 5) is 12.6. The fourth-order valence-electron chi connectivity index (χ4n) is 1.42. The molecule has 0 heterocycles. The van der Waals surface area contributed by atoms with Gasteiger partial charge in [0.25, 0.3) is 0 Å². The van der Waals surface area contributed by atoms with Crippen LogP contribution in [0, 0.1) is 11.6 Å². The number of esters is 1. The maximum atomic E-state index is 13.7. The molecule has 17 heavy (non-hydrogen) atoms. The smallest absolute Gasteiger partial charge is 0.340 e. The predicted molar refractivity (Wildman–Crippen MR) is 60.0 cm³/mol. The molecule has 0 aromatic heterocycles. The van der Waals surface area contributed by atoms with E-state index in [4.69, 9.17) is 5.73 Å². The molecule has 0 saturated carbocycles. The minimum Gasteiger partial charge on any atom is -0.465 e. The predicted octanol–water partition coefficient (Wildman–Crippen LogP) is 1.15. The SMILES string of the molecule is COC(=O)c1ccc(N(C)CCN)c(F)c1F. The maximum Gasteiger partial charge on any atom is 0.340 e. The summed E-state index contributed by atoms with van der Waals surface area (Å²) in [6, 6.07) is 2.51. The lowest BCUT2D eigenvalue weighted by Gasteiger charge is -2.19. The van der Waals surface area contributed by atoms with Gasteiger partial charge in [0.05, 0.1) is 18.4 Å². The average Bonchev–Trinajstić information content (AvgIpc) is 2.31. The molecule has 0 aliphatic carbocycles. The zero-order chi connectivity index (χ0) is 13.0. The van der Waals surface area contributed by atoms with E-state index >= 15 is 0 Å². The third-order valence-corrected chi connectivity index (χ3v) is 2.34. The van der Waals surface area contributed by atoms with Gasteiger partial charge >= 0.3 is 5.97 Å². The molecule has 94 valence electrons. The molecular weight excluding hydrogens is 230 g/mol. The maximum absolute atomic E-state index is 13.7. The van der Waals surface area contributed by atoms with Crippen molar-refractivity contribution in [3.63, 3.8) is 0 Å². The number of carbonyl (C=O) groups excluding carboxylic acids is 1. The summed E-state index contributed by atoms with van der Waals surface area (Å²) in [7, 11) is 2.69. The number of ether oxygens (including phenoxy) is 1. The third kappa shape index (κ3) is 2.71. The van der Waals surface area contributed by atoms with E-state index in [0.717, 1.165) is 7.11 Å². The van der Waals surface area contributed by atoms with Gasteiger partial charge in [-0.1, -0.05) is 0 Å². The summed E-state index contributed by atoms with van der Waals surface area (Å²) >= 11 is 0. The van der Waals surface area contributed by atoms with Crippen LogP contribution in [-0.2, 0) is 4.74 Å². The van der Waals surface area contributed by atoms with Gasteiger partial charge in [-0.25, -0.2) is 13.6 Å². The molecule has 0 bridgehead atoms. The van der Waals surface area contributed by atoms with Crippen LogP contribution in [0.15, 0.2) is 12.1 Å². The van der Waals surface area contributed by atoms with Gasteiger partial charge in [-0.2, -0.15) is 0 Å². The van der Waals surface area contributed by atoms with Crippen LogP contribution in [-0.4, -0.2) is 33.2 Å². The second kappa shape index (κ2) is 5.58. The molecule has 1 aromatic carbocycles. The number of anilines is 1. The lowest BCUT2D eigenvalue weighted by molar-refractivity contribution is 0.0594. The van der Waals surface area contributed by atoms with E-state index in [-0.39, 0.29) is 5.69 Å². The fourth-order valence-corrected chi connectivity index (χ4v) is 1.42. The van der Waals surface area contributed by atoms with Crippen molar-refractivity contribution in [1.82, 2.24) is 0 Å². The van der Waals surface area contributed by atoms with E-state index in [1.807, 2.05) is 0 Å². The first kappa shape index (κ1) is 13.4. The Morgan fingerprint density at radius 1 is 1.41 bits per heavy atom. The Hall–Kier alpha value is -1.69. The lowest BCUT2D eigenvalue weighted by atomic mass is 10.1. The number of hydrogen-bond acceptors (Lipinski definition) is 4. The van der Waals surface area contributed by atoms with Gasteiger partial charge in [-0.15, -0.1) is 0 Å². The molecule has 1 rings (SSSR count). The van der Waals surface area contributed by atoms with Gasteiger partial charge in [-0.3, -0.25) is 0 Å². The Labute approximate surface area is 98.0 Å². The molecule has 0 saturated heterocycles. The number of benzene rings is 1. The quantitative estimate of drug-likeness (QED) is 0.807. The fraction of sp³-hybridized carbons (Fsp3) is 0.364. The van der Waals surface area contributed by atoms with Crippen LogP contribution >= 0.6 is 0 Å². The zero-order valence-corrected chi connectivity index (χ0v) is 9.67. The first-order valence-electron chi connectivity index (χ1n) is 5.00. The highest BCUT2D eigenvalue weighted by atomic mass is 19.2. The molecular formula is C11H14F2N2O2. The van der Waals surface area contributed by atoms with Crippen LogP contribution in [0.4, 0.5) is 14.5 Å². The number of hydrogen-bond donors (Lipinski definition) is 1. The number of methoxy groups -OCH3 is 1. The second-order valence-electron chi connectivity index (χ2n) is 3.46. The number of halogens is 2. The summed E-state index contributed by atoms with van der Waals surface area (Å²) in [6.07, 6.45) is 0. The van der Waals surface area contributed by atoms with Crippen molar-refractivity contribution in [2.24, 2.45) is 5.73 Å². The number of carbonyl (C=O) groups is 1. The van der Waals surface area contributed by atoms with E-state index in [1.165, 1.54) is 17.0 Å². The van der Waals surface area contributed by atoms with Crippen molar-refractivity contribution >= 4 is 11.7 Å². The molecule has 0 atom stereocenters. The Morgan fingerprint density at radius 3 is 2.59 bits per heavy atom. The molecule has 0 amide bonds. The molecule has 1 aromatic rings. The van der Waals surface area contributed by atoms with E-state index < -0.39 is 23.2 Å². The van der Waals surface area contributed by atoms with Crippen LogP contribution in [0.5, 0.6) is 0 Å². The zero-order valence-electron chi connectivity index (χ0n) is 9.67. The highest BCUT2D eigenvalue weighted by molar-refractivity contribution is 5.90. The van der Waals surface area contributed by atoms with Crippen molar-refractivity contribution in [2.75, 3.05) is 32.1 Å². The number of rotatable bonds is 4. The third-order valence-electron chi connectivity index (χ3n) is 2.34. The molecule has 0 radical (unpaired) electrons. The Morgan fingerprint density at radius 2 is 2.06 bits per heavy atom. The van der Waals surface area contributed by atoms with Gasteiger partial charge in [0.1, 0.15) is 0 Å². The number of nitrogens with zero attached hydrogens (tertiary/aromatic N) is 1. The summed E-state index contributed by atoms with van der Waals surface area (Å²) < 4.78 is 31.6. The lowest BCUT2D eigenvalue weighted by Crippen LogP contribution is -2.26. The molecule has 0 unspecified atom stereocenters. The summed E-state index contributed by atoms with van der Waals surface area (Å²) in [5.41, 5.74) is 4.96. The van der Waals surface area contributed by atoms with Gasteiger partial charge < -0.3 is 15.4 Å². The van der Waals surface area contributed by atoms with Crippen molar-refractivity contribution in [3.05, 3.63) is 29.3 Å². The first-order valence-corrected chi connectivity index (χ1v) is 5.00. The molecule has 0 spiro atoms. The first-order chi connectivity index (χ1) is 8.02. The molecule has 0 aliphatic rings. The van der Waals surface area contributed by atoms with Crippen LogP contribution in [0.25, 0.3) is 0 Å². The van der Waals surface area contributed by atoms with Crippen molar-refractivity contribution in [2.45, 2.75) is 0 Å². The van der Waals surface area contributed by atoms with Crippen LogP contribution in [0.1, 0.15) is 10.4 Å². The van der Waals surface area contributed by atoms with Crippen molar-refractivity contribution in [1.29, 1.82) is 0 Å². The second-order valence-corrected chi connectivity index (χ2v) is 3.46. The topological polar surface area (TPSA) is 55.6 Å². The van der Waals surface area contributed by atoms with E-state index in [0.29, 0.717) is 13.1 Å². The Kier molecular flexibility index (Phi) is 4.39. The van der Waals surface area contributed by atoms with E-state index in [1.54, 1.807) is 7.05 Å². The summed E-state index contributed by atoms with van der Waals surface area (Å²) in [6.45, 7) is 0.699. The normalized spacial score (nSPS) is 10.2. The summed E-state index contributed by atoms with van der Waals surface area (Å²) in [5.74, 6) is -3.20. The van der Waals surface area contributed by atoms with Gasteiger partial charge in [0, 0.05) is 20.1 Å². The highest BCUT2D eigenvalue weighted by Gasteiger charge is 2.20. The Bertz CT molecular complexity index is 424. The highest BCUT2D eigenvalue weighted by Crippen LogP contribution is 2.23. The largest absolute Gasteiger partial charge is 0.465 e. The molecule has 0 fully saturated rings. The number of nitrogens with two attached hydrogens (primary N) is 1. The van der Waals surface area contributed by atoms with Gasteiger partial charge in [-0.05, 0) is 12.1 Å².